The van der Waals surface area contributed by atoms with Crippen LogP contribution in [0.15, 0.2) is 11.6 Å². The maximum absolute atomic E-state index is 11.5. The van der Waals surface area contributed by atoms with Crippen LogP contribution < -0.4 is 0 Å². The third kappa shape index (κ3) is 4.51. The van der Waals surface area contributed by atoms with Crippen molar-refractivity contribution < 1.29 is 9.53 Å². The van der Waals surface area contributed by atoms with Crippen LogP contribution >= 0.6 is 0 Å². The first kappa shape index (κ1) is 23.4. The molecule has 2 heteroatoms. The Bertz CT molecular complexity index is 678. The Balaban J connectivity index is 1.40. The molecule has 3 saturated carbocycles. The summed E-state index contributed by atoms with van der Waals surface area (Å²) < 4.78 is 5.61. The van der Waals surface area contributed by atoms with Crippen molar-refractivity contribution in [2.45, 2.75) is 124 Å². The van der Waals surface area contributed by atoms with Gasteiger partial charge < -0.3 is 4.74 Å². The van der Waals surface area contributed by atoms with Gasteiger partial charge in [0, 0.05) is 13.3 Å². The van der Waals surface area contributed by atoms with Gasteiger partial charge in [-0.15, -0.1) is 0 Å². The van der Waals surface area contributed by atoms with Gasteiger partial charge in [0.05, 0.1) is 0 Å². The Hall–Kier alpha value is -0.790. The van der Waals surface area contributed by atoms with Gasteiger partial charge in [0.1, 0.15) is 6.10 Å². The zero-order valence-corrected chi connectivity index (χ0v) is 21.1. The number of fused-ring (bicyclic) bond motifs is 5. The molecule has 0 aromatic carbocycles. The zero-order chi connectivity index (χ0) is 22.2. The SMILES string of the molecule is CC(=O)O[C@H]1CC[C@@]2(C)C(=CC[C@@H]3C2CC[C@@]2(C)C3CC[C@@H]2CCCCCC(C)C)C1. The minimum absolute atomic E-state index is 0.113. The summed E-state index contributed by atoms with van der Waals surface area (Å²) in [7, 11) is 0. The molecule has 4 aliphatic rings. The van der Waals surface area contributed by atoms with E-state index in [9.17, 15) is 4.79 Å². The predicted octanol–water partition coefficient (Wildman–Crippen LogP) is 8.10. The molecule has 0 radical (unpaired) electrons. The summed E-state index contributed by atoms with van der Waals surface area (Å²) in [5.74, 6) is 4.40. The average Bonchev–Trinajstić information content (AvgIpc) is 3.04. The Morgan fingerprint density at radius 1 is 1.06 bits per heavy atom. The Morgan fingerprint density at radius 2 is 1.87 bits per heavy atom. The Kier molecular flexibility index (Phi) is 6.95. The van der Waals surface area contributed by atoms with E-state index < -0.39 is 0 Å². The number of carbonyl (C=O) groups is 1. The van der Waals surface area contributed by atoms with E-state index in [0.717, 1.165) is 42.4 Å². The van der Waals surface area contributed by atoms with Crippen LogP contribution in [-0.4, -0.2) is 12.1 Å². The number of esters is 1. The molecule has 0 aromatic rings. The van der Waals surface area contributed by atoms with E-state index in [-0.39, 0.29) is 12.1 Å². The van der Waals surface area contributed by atoms with Crippen LogP contribution in [-0.2, 0) is 9.53 Å². The van der Waals surface area contributed by atoms with Crippen LogP contribution in [0.1, 0.15) is 118 Å². The van der Waals surface area contributed by atoms with E-state index in [0.29, 0.717) is 10.8 Å². The second kappa shape index (κ2) is 9.22. The van der Waals surface area contributed by atoms with Gasteiger partial charge in [0.2, 0.25) is 0 Å². The second-order valence-corrected chi connectivity index (χ2v) is 12.6. The summed E-state index contributed by atoms with van der Waals surface area (Å²) >= 11 is 0. The number of carbonyl (C=O) groups excluding carboxylic acids is 1. The highest BCUT2D eigenvalue weighted by molar-refractivity contribution is 5.66. The first-order valence-electron chi connectivity index (χ1n) is 13.6. The van der Waals surface area contributed by atoms with Gasteiger partial charge in [-0.25, -0.2) is 0 Å². The van der Waals surface area contributed by atoms with Crippen molar-refractivity contribution in [2.24, 2.45) is 40.4 Å². The molecule has 4 rings (SSSR count). The van der Waals surface area contributed by atoms with Gasteiger partial charge in [-0.3, -0.25) is 4.79 Å². The quantitative estimate of drug-likeness (QED) is 0.232. The third-order valence-corrected chi connectivity index (χ3v) is 10.4. The van der Waals surface area contributed by atoms with Crippen LogP contribution in [0.2, 0.25) is 0 Å². The van der Waals surface area contributed by atoms with Crippen LogP contribution in [0, 0.1) is 40.4 Å². The molecule has 2 unspecified atom stereocenters. The highest BCUT2D eigenvalue weighted by Gasteiger charge is 2.58. The van der Waals surface area contributed by atoms with Crippen LogP contribution in [0.4, 0.5) is 0 Å². The first-order valence-corrected chi connectivity index (χ1v) is 13.6. The zero-order valence-electron chi connectivity index (χ0n) is 21.1. The monoisotopic (exact) mass is 428 g/mol. The lowest BCUT2D eigenvalue weighted by atomic mass is 9.47. The molecule has 0 spiro atoms. The van der Waals surface area contributed by atoms with Crippen molar-refractivity contribution in [3.05, 3.63) is 11.6 Å². The molecule has 0 amide bonds. The lowest BCUT2D eigenvalue weighted by Gasteiger charge is -2.58. The fraction of sp³-hybridized carbons (Fsp3) is 0.897. The van der Waals surface area contributed by atoms with Crippen molar-refractivity contribution in [1.82, 2.24) is 0 Å². The highest BCUT2D eigenvalue weighted by atomic mass is 16.5. The largest absolute Gasteiger partial charge is 0.462 e. The minimum atomic E-state index is -0.113. The number of allylic oxidation sites excluding steroid dienone is 1. The van der Waals surface area contributed by atoms with Crippen LogP contribution in [0.3, 0.4) is 0 Å². The summed E-state index contributed by atoms with van der Waals surface area (Å²) in [6, 6.07) is 0. The molecule has 0 saturated heterocycles. The average molecular weight is 429 g/mol. The molecule has 3 fully saturated rings. The number of unbranched alkanes of at least 4 members (excludes halogenated alkanes) is 2. The molecule has 0 aromatic heterocycles. The molecule has 2 nitrogen and oxygen atoms in total. The van der Waals surface area contributed by atoms with Crippen molar-refractivity contribution in [1.29, 1.82) is 0 Å². The van der Waals surface area contributed by atoms with E-state index in [1.165, 1.54) is 70.6 Å². The number of hydrogen-bond donors (Lipinski definition) is 0. The third-order valence-electron chi connectivity index (χ3n) is 10.4. The Morgan fingerprint density at radius 3 is 2.61 bits per heavy atom. The highest BCUT2D eigenvalue weighted by Crippen LogP contribution is 2.66. The molecule has 0 N–H and O–H groups in total. The molecule has 0 heterocycles. The Labute approximate surface area is 192 Å². The number of rotatable bonds is 7. The van der Waals surface area contributed by atoms with Crippen LogP contribution in [0.25, 0.3) is 0 Å². The van der Waals surface area contributed by atoms with Gasteiger partial charge in [-0.1, -0.05) is 65.0 Å². The summed E-state index contributed by atoms with van der Waals surface area (Å²) in [6.45, 7) is 11.5. The molecule has 4 aliphatic carbocycles. The smallest absolute Gasteiger partial charge is 0.302 e. The first-order chi connectivity index (χ1) is 14.7. The molecule has 176 valence electrons. The van der Waals surface area contributed by atoms with Gasteiger partial charge >= 0.3 is 5.97 Å². The molecule has 0 bridgehead atoms. The maximum atomic E-state index is 11.5. The molecular formula is C29H48O2. The molecular weight excluding hydrogens is 380 g/mol. The molecule has 0 aliphatic heterocycles. The summed E-state index contributed by atoms with van der Waals surface area (Å²) in [5, 5.41) is 0. The molecule has 7 atom stereocenters. The summed E-state index contributed by atoms with van der Waals surface area (Å²) in [6.07, 6.45) is 20.3. The number of ether oxygens (including phenoxy) is 1. The lowest BCUT2D eigenvalue weighted by Crippen LogP contribution is -2.50. The normalized spacial score (nSPS) is 41.9. The van der Waals surface area contributed by atoms with E-state index in [1.54, 1.807) is 12.5 Å². The fourth-order valence-corrected chi connectivity index (χ4v) is 8.67. The molecule has 31 heavy (non-hydrogen) atoms. The topological polar surface area (TPSA) is 26.3 Å². The number of hydrogen-bond acceptors (Lipinski definition) is 2. The minimum Gasteiger partial charge on any atom is -0.462 e. The van der Waals surface area contributed by atoms with E-state index in [1.807, 2.05) is 0 Å². The summed E-state index contributed by atoms with van der Waals surface area (Å²) in [4.78, 5) is 11.5. The van der Waals surface area contributed by atoms with Gasteiger partial charge in [-0.2, -0.15) is 0 Å². The summed E-state index contributed by atoms with van der Waals surface area (Å²) in [5.41, 5.74) is 2.57. The van der Waals surface area contributed by atoms with Crippen molar-refractivity contribution in [3.8, 4) is 0 Å². The van der Waals surface area contributed by atoms with E-state index >= 15 is 0 Å². The van der Waals surface area contributed by atoms with Crippen molar-refractivity contribution in [3.63, 3.8) is 0 Å². The van der Waals surface area contributed by atoms with Crippen LogP contribution in [0.5, 0.6) is 0 Å². The van der Waals surface area contributed by atoms with Crippen molar-refractivity contribution in [2.75, 3.05) is 0 Å². The maximum Gasteiger partial charge on any atom is 0.302 e. The van der Waals surface area contributed by atoms with Gasteiger partial charge in [0.15, 0.2) is 0 Å². The van der Waals surface area contributed by atoms with E-state index in [2.05, 4.69) is 33.8 Å². The lowest BCUT2D eigenvalue weighted by molar-refractivity contribution is -0.148. The van der Waals surface area contributed by atoms with Gasteiger partial charge in [0.25, 0.3) is 0 Å². The second-order valence-electron chi connectivity index (χ2n) is 12.6. The van der Waals surface area contributed by atoms with Gasteiger partial charge in [-0.05, 0) is 91.8 Å². The predicted molar refractivity (Wildman–Crippen MR) is 129 cm³/mol. The van der Waals surface area contributed by atoms with Crippen molar-refractivity contribution >= 4 is 5.97 Å². The van der Waals surface area contributed by atoms with E-state index in [4.69, 9.17) is 4.74 Å². The fourth-order valence-electron chi connectivity index (χ4n) is 8.67. The standard InChI is InChI=1S/C29H48O2/c1-20(2)9-7-6-8-10-22-12-14-26-25-13-11-23-19-24(31-21(3)30)15-17-29(23,5)27(25)16-18-28(22,26)4/h11,20,22,24-27H,6-10,12-19H2,1-5H3/t22-,24-,25-,26?,27?,28+,29-/m0/s1.